The van der Waals surface area contributed by atoms with Gasteiger partial charge in [0.2, 0.25) is 0 Å². The molecule has 0 fully saturated rings. The number of fused-ring (bicyclic) bond motifs is 1. The van der Waals surface area contributed by atoms with Gasteiger partial charge in [-0.15, -0.1) is 0 Å². The summed E-state index contributed by atoms with van der Waals surface area (Å²) >= 11 is 0. The highest BCUT2D eigenvalue weighted by Gasteiger charge is 2.08. The quantitative estimate of drug-likeness (QED) is 0.615. The summed E-state index contributed by atoms with van der Waals surface area (Å²) in [6.45, 7) is 2.88. The highest BCUT2D eigenvalue weighted by molar-refractivity contribution is 5.85. The Labute approximate surface area is 151 Å². The number of nitrogen functional groups attached to an aromatic ring is 1. The van der Waals surface area contributed by atoms with E-state index in [-0.39, 0.29) is 0 Å². The standard InChI is InChI=1S/C20H18N6/c1-14-16(2-3-17-11-24-19(21)12-23-17)10-25-20-18(14)6-9-26(20)13-15-4-7-22-8-5-15/h2-12H,13H2,1H3,(H2,21,24)/b3-2+. The SMILES string of the molecule is Cc1c(/C=C/c2cnc(N)cn2)cnc2c1ccn2Cc1ccncc1. The third kappa shape index (κ3) is 3.17. The molecule has 4 heterocycles. The van der Waals surface area contributed by atoms with Crippen molar-refractivity contribution < 1.29 is 0 Å². The zero-order valence-electron chi connectivity index (χ0n) is 14.4. The molecule has 0 bridgehead atoms. The maximum Gasteiger partial charge on any atom is 0.141 e. The van der Waals surface area contributed by atoms with Crippen molar-refractivity contribution in [1.29, 1.82) is 0 Å². The van der Waals surface area contributed by atoms with E-state index >= 15 is 0 Å². The van der Waals surface area contributed by atoms with Crippen LogP contribution in [0.3, 0.4) is 0 Å². The van der Waals surface area contributed by atoms with Crippen LogP contribution < -0.4 is 5.73 Å². The van der Waals surface area contributed by atoms with E-state index in [1.165, 1.54) is 11.1 Å². The van der Waals surface area contributed by atoms with Crippen LogP contribution in [-0.4, -0.2) is 24.5 Å². The van der Waals surface area contributed by atoms with Gasteiger partial charge in [0.1, 0.15) is 11.5 Å². The Bertz CT molecular complexity index is 1060. The van der Waals surface area contributed by atoms with Crippen LogP contribution in [0.25, 0.3) is 23.2 Å². The molecule has 0 aliphatic heterocycles. The Morgan fingerprint density at radius 1 is 1.00 bits per heavy atom. The number of nitrogens with two attached hydrogens (primary N) is 1. The van der Waals surface area contributed by atoms with Gasteiger partial charge < -0.3 is 10.3 Å². The van der Waals surface area contributed by atoms with E-state index < -0.39 is 0 Å². The van der Waals surface area contributed by atoms with Crippen LogP contribution in [0, 0.1) is 6.92 Å². The van der Waals surface area contributed by atoms with Crippen molar-refractivity contribution in [1.82, 2.24) is 24.5 Å². The van der Waals surface area contributed by atoms with E-state index in [0.29, 0.717) is 5.82 Å². The summed E-state index contributed by atoms with van der Waals surface area (Å²) in [4.78, 5) is 17.0. The van der Waals surface area contributed by atoms with Crippen LogP contribution in [0.5, 0.6) is 0 Å². The highest BCUT2D eigenvalue weighted by atomic mass is 15.0. The summed E-state index contributed by atoms with van der Waals surface area (Å²) in [5, 5.41) is 1.14. The maximum atomic E-state index is 5.56. The topological polar surface area (TPSA) is 82.5 Å². The number of pyridine rings is 2. The molecular formula is C20H18N6. The third-order valence-electron chi connectivity index (χ3n) is 4.32. The Hall–Kier alpha value is -3.54. The summed E-state index contributed by atoms with van der Waals surface area (Å²) < 4.78 is 2.15. The van der Waals surface area contributed by atoms with Gasteiger partial charge in [0.15, 0.2) is 0 Å². The number of hydrogen-bond acceptors (Lipinski definition) is 5. The van der Waals surface area contributed by atoms with Crippen LogP contribution >= 0.6 is 0 Å². The predicted octanol–water partition coefficient (Wildman–Crippen LogP) is 3.33. The number of hydrogen-bond donors (Lipinski definition) is 1. The smallest absolute Gasteiger partial charge is 0.141 e. The molecule has 0 unspecified atom stereocenters. The lowest BCUT2D eigenvalue weighted by Crippen LogP contribution is -2.00. The predicted molar refractivity (Wildman–Crippen MR) is 103 cm³/mol. The fraction of sp³-hybridized carbons (Fsp3) is 0.100. The van der Waals surface area contributed by atoms with Crippen molar-refractivity contribution in [2.24, 2.45) is 0 Å². The van der Waals surface area contributed by atoms with Crippen LogP contribution in [0.4, 0.5) is 5.82 Å². The highest BCUT2D eigenvalue weighted by Crippen LogP contribution is 2.23. The number of nitrogens with zero attached hydrogens (tertiary/aromatic N) is 5. The van der Waals surface area contributed by atoms with Gasteiger partial charge in [0, 0.05) is 36.7 Å². The van der Waals surface area contributed by atoms with Gasteiger partial charge in [-0.05, 0) is 47.9 Å². The monoisotopic (exact) mass is 342 g/mol. The molecule has 0 aliphatic rings. The second-order valence-corrected chi connectivity index (χ2v) is 6.07. The van der Waals surface area contributed by atoms with Crippen LogP contribution in [0.1, 0.15) is 22.4 Å². The molecule has 128 valence electrons. The molecule has 4 aromatic rings. The lowest BCUT2D eigenvalue weighted by atomic mass is 10.1. The molecule has 0 saturated carbocycles. The Kier molecular flexibility index (Phi) is 4.15. The maximum absolute atomic E-state index is 5.56. The minimum absolute atomic E-state index is 0.414. The van der Waals surface area contributed by atoms with Crippen LogP contribution in [0.15, 0.2) is 55.4 Å². The molecule has 0 spiro atoms. The van der Waals surface area contributed by atoms with Gasteiger partial charge in [-0.3, -0.25) is 9.97 Å². The van der Waals surface area contributed by atoms with E-state index in [4.69, 9.17) is 5.73 Å². The van der Waals surface area contributed by atoms with Gasteiger partial charge in [0.25, 0.3) is 0 Å². The summed E-state index contributed by atoms with van der Waals surface area (Å²) in [6.07, 6.45) is 14.7. The fourth-order valence-corrected chi connectivity index (χ4v) is 2.87. The van der Waals surface area contributed by atoms with E-state index in [0.717, 1.165) is 28.8 Å². The summed E-state index contributed by atoms with van der Waals surface area (Å²) in [7, 11) is 0. The largest absolute Gasteiger partial charge is 0.382 e. The lowest BCUT2D eigenvalue weighted by Gasteiger charge is -2.07. The molecule has 4 aromatic heterocycles. The lowest BCUT2D eigenvalue weighted by molar-refractivity contribution is 0.823. The van der Waals surface area contributed by atoms with E-state index in [2.05, 4.69) is 43.7 Å². The summed E-state index contributed by atoms with van der Waals surface area (Å²) in [5.74, 6) is 0.414. The normalized spacial score (nSPS) is 11.4. The minimum Gasteiger partial charge on any atom is -0.382 e. The molecule has 0 amide bonds. The first-order valence-electron chi connectivity index (χ1n) is 8.29. The molecule has 0 atom stereocenters. The second-order valence-electron chi connectivity index (χ2n) is 6.07. The Balaban J connectivity index is 1.64. The average Bonchev–Trinajstić information content (AvgIpc) is 3.07. The van der Waals surface area contributed by atoms with E-state index in [1.54, 1.807) is 12.4 Å². The molecule has 0 aromatic carbocycles. The van der Waals surface area contributed by atoms with Crippen molar-refractivity contribution in [3.8, 4) is 0 Å². The van der Waals surface area contributed by atoms with Crippen LogP contribution in [-0.2, 0) is 6.54 Å². The molecule has 0 aliphatic carbocycles. The van der Waals surface area contributed by atoms with Crippen molar-refractivity contribution in [3.05, 3.63) is 77.8 Å². The third-order valence-corrected chi connectivity index (χ3v) is 4.32. The van der Waals surface area contributed by atoms with Crippen molar-refractivity contribution in [3.63, 3.8) is 0 Å². The first kappa shape index (κ1) is 16.0. The summed E-state index contributed by atoms with van der Waals surface area (Å²) in [5.41, 5.74) is 10.7. The first-order valence-corrected chi connectivity index (χ1v) is 8.29. The van der Waals surface area contributed by atoms with Gasteiger partial charge in [-0.1, -0.05) is 6.08 Å². The number of anilines is 1. The molecule has 0 saturated heterocycles. The van der Waals surface area contributed by atoms with Gasteiger partial charge in [-0.25, -0.2) is 9.97 Å². The summed E-state index contributed by atoms with van der Waals surface area (Å²) in [6, 6.07) is 6.14. The molecule has 6 heteroatoms. The van der Waals surface area contributed by atoms with E-state index in [9.17, 15) is 0 Å². The molecule has 6 nitrogen and oxygen atoms in total. The van der Waals surface area contributed by atoms with Gasteiger partial charge in [-0.2, -0.15) is 0 Å². The number of aryl methyl sites for hydroxylation is 1. The Morgan fingerprint density at radius 3 is 2.62 bits per heavy atom. The fourth-order valence-electron chi connectivity index (χ4n) is 2.87. The van der Waals surface area contributed by atoms with Crippen molar-refractivity contribution >= 4 is 29.0 Å². The number of rotatable bonds is 4. The average molecular weight is 342 g/mol. The molecule has 2 N–H and O–H groups in total. The van der Waals surface area contributed by atoms with Crippen LogP contribution in [0.2, 0.25) is 0 Å². The molecular weight excluding hydrogens is 324 g/mol. The second kappa shape index (κ2) is 6.76. The molecule has 0 radical (unpaired) electrons. The van der Waals surface area contributed by atoms with Gasteiger partial charge in [0.05, 0.1) is 18.1 Å². The zero-order chi connectivity index (χ0) is 17.9. The van der Waals surface area contributed by atoms with Crippen molar-refractivity contribution in [2.75, 3.05) is 5.73 Å². The Morgan fingerprint density at radius 2 is 1.85 bits per heavy atom. The zero-order valence-corrected chi connectivity index (χ0v) is 14.4. The molecule has 4 rings (SSSR count). The van der Waals surface area contributed by atoms with E-state index in [1.807, 2.05) is 42.9 Å². The number of aromatic nitrogens is 5. The molecule has 26 heavy (non-hydrogen) atoms. The van der Waals surface area contributed by atoms with Gasteiger partial charge >= 0.3 is 0 Å². The minimum atomic E-state index is 0.414. The first-order chi connectivity index (χ1) is 12.7. The van der Waals surface area contributed by atoms with Crippen molar-refractivity contribution in [2.45, 2.75) is 13.5 Å².